The minimum atomic E-state index is 0.371. The highest BCUT2D eigenvalue weighted by Crippen LogP contribution is 2.32. The predicted molar refractivity (Wildman–Crippen MR) is 75.5 cm³/mol. The van der Waals surface area contributed by atoms with Crippen LogP contribution in [0.3, 0.4) is 0 Å². The molecule has 0 N–H and O–H groups in total. The molecule has 0 aromatic carbocycles. The first-order chi connectivity index (χ1) is 9.54. The van der Waals surface area contributed by atoms with E-state index in [4.69, 9.17) is 8.94 Å². The van der Waals surface area contributed by atoms with Crippen LogP contribution in [0, 0.1) is 13.8 Å². The fraction of sp³-hybridized carbons (Fsp3) is 0.600. The number of aryl methyl sites for hydroxylation is 2. The maximum Gasteiger partial charge on any atom is 0.230 e. The lowest BCUT2D eigenvalue weighted by Crippen LogP contribution is -2.36. The van der Waals surface area contributed by atoms with Crippen molar-refractivity contribution in [2.75, 3.05) is 13.6 Å². The molecule has 5 nitrogen and oxygen atoms in total. The molecule has 0 aliphatic carbocycles. The summed E-state index contributed by atoms with van der Waals surface area (Å²) in [6, 6.07) is 2.52. The Balaban J connectivity index is 1.82. The van der Waals surface area contributed by atoms with Crippen LogP contribution in [0.5, 0.6) is 0 Å². The van der Waals surface area contributed by atoms with Gasteiger partial charge in [0.2, 0.25) is 11.7 Å². The molecule has 1 saturated heterocycles. The minimum Gasteiger partial charge on any atom is -0.466 e. The summed E-state index contributed by atoms with van der Waals surface area (Å²) in [5.41, 5.74) is 0.929. The lowest BCUT2D eigenvalue weighted by Gasteiger charge is -2.33. The van der Waals surface area contributed by atoms with Crippen molar-refractivity contribution in [3.05, 3.63) is 23.5 Å². The highest BCUT2D eigenvalue weighted by atomic mass is 16.5. The van der Waals surface area contributed by atoms with Gasteiger partial charge in [0.25, 0.3) is 0 Å². The molecule has 3 rings (SSSR count). The molecule has 1 aliphatic heterocycles. The first-order valence-electron chi connectivity index (χ1n) is 7.16. The maximum atomic E-state index is 5.53. The Kier molecular flexibility index (Phi) is 3.38. The number of aromatic nitrogens is 2. The quantitative estimate of drug-likeness (QED) is 0.842. The fourth-order valence-electron chi connectivity index (χ4n) is 2.88. The molecule has 1 fully saturated rings. The molecule has 2 aromatic heterocycles. The molecule has 0 spiro atoms. The summed E-state index contributed by atoms with van der Waals surface area (Å²) in [5, 5.41) is 4.12. The smallest absolute Gasteiger partial charge is 0.230 e. The Morgan fingerprint density at radius 1 is 1.35 bits per heavy atom. The van der Waals surface area contributed by atoms with Crippen LogP contribution in [0.15, 0.2) is 15.0 Å². The molecule has 5 heteroatoms. The summed E-state index contributed by atoms with van der Waals surface area (Å²) in [5.74, 6) is 3.48. The van der Waals surface area contributed by atoms with E-state index in [1.54, 1.807) is 0 Å². The van der Waals surface area contributed by atoms with Crippen molar-refractivity contribution in [1.29, 1.82) is 0 Å². The van der Waals surface area contributed by atoms with E-state index in [9.17, 15) is 0 Å². The third kappa shape index (κ3) is 2.38. The first kappa shape index (κ1) is 13.4. The van der Waals surface area contributed by atoms with E-state index >= 15 is 0 Å². The van der Waals surface area contributed by atoms with Crippen LogP contribution in [-0.4, -0.2) is 34.7 Å². The van der Waals surface area contributed by atoms with Crippen LogP contribution in [-0.2, 0) is 0 Å². The Labute approximate surface area is 119 Å². The molecule has 0 amide bonds. The largest absolute Gasteiger partial charge is 0.466 e. The second-order valence-electron chi connectivity index (χ2n) is 5.83. The zero-order chi connectivity index (χ0) is 14.3. The molecule has 0 saturated carbocycles. The van der Waals surface area contributed by atoms with Crippen molar-refractivity contribution >= 4 is 0 Å². The standard InChI is InChI=1S/C15H21N3O2/c1-9-7-12(5-6-18(9)4)15-16-14(17-20-15)13-8-10(2)19-11(13)3/h8-9,12H,5-7H2,1-4H3/t9-,12-/m0/s1. The monoisotopic (exact) mass is 275 g/mol. The van der Waals surface area contributed by atoms with Gasteiger partial charge >= 0.3 is 0 Å². The van der Waals surface area contributed by atoms with Gasteiger partial charge in [-0.15, -0.1) is 0 Å². The van der Waals surface area contributed by atoms with Gasteiger partial charge in [0, 0.05) is 12.0 Å². The number of furan rings is 1. The lowest BCUT2D eigenvalue weighted by molar-refractivity contribution is 0.166. The van der Waals surface area contributed by atoms with E-state index in [2.05, 4.69) is 29.0 Å². The van der Waals surface area contributed by atoms with E-state index in [1.807, 2.05) is 19.9 Å². The molecule has 108 valence electrons. The highest BCUT2D eigenvalue weighted by Gasteiger charge is 2.28. The van der Waals surface area contributed by atoms with Crippen LogP contribution in [0.25, 0.3) is 11.4 Å². The topological polar surface area (TPSA) is 55.3 Å². The molecule has 2 aromatic rings. The molecule has 3 heterocycles. The maximum absolute atomic E-state index is 5.53. The molecule has 2 atom stereocenters. The number of nitrogens with zero attached hydrogens (tertiary/aromatic N) is 3. The Bertz CT molecular complexity index is 602. The Morgan fingerprint density at radius 2 is 2.15 bits per heavy atom. The first-order valence-corrected chi connectivity index (χ1v) is 7.16. The van der Waals surface area contributed by atoms with Gasteiger partial charge in [0.1, 0.15) is 11.5 Å². The molecular formula is C15H21N3O2. The zero-order valence-corrected chi connectivity index (χ0v) is 12.5. The van der Waals surface area contributed by atoms with Gasteiger partial charge in [-0.3, -0.25) is 0 Å². The summed E-state index contributed by atoms with van der Waals surface area (Å²) in [7, 11) is 2.16. The predicted octanol–water partition coefficient (Wildman–Crippen LogP) is 3.14. The third-order valence-electron chi connectivity index (χ3n) is 4.28. The molecule has 0 radical (unpaired) electrons. The van der Waals surface area contributed by atoms with Crippen molar-refractivity contribution in [1.82, 2.24) is 15.0 Å². The van der Waals surface area contributed by atoms with Crippen molar-refractivity contribution in [3.8, 4) is 11.4 Å². The number of hydrogen-bond donors (Lipinski definition) is 0. The van der Waals surface area contributed by atoms with Gasteiger partial charge in [0.05, 0.1) is 5.56 Å². The summed E-state index contributed by atoms with van der Waals surface area (Å²) < 4.78 is 11.0. The third-order valence-corrected chi connectivity index (χ3v) is 4.28. The van der Waals surface area contributed by atoms with Crippen molar-refractivity contribution in [2.45, 2.75) is 45.6 Å². The van der Waals surface area contributed by atoms with Crippen molar-refractivity contribution in [2.24, 2.45) is 0 Å². The normalized spacial score (nSPS) is 24.2. The second-order valence-corrected chi connectivity index (χ2v) is 5.83. The average Bonchev–Trinajstić information content (AvgIpc) is 2.99. The zero-order valence-electron chi connectivity index (χ0n) is 12.5. The van der Waals surface area contributed by atoms with Crippen molar-refractivity contribution < 1.29 is 8.94 Å². The van der Waals surface area contributed by atoms with Gasteiger partial charge in [-0.05, 0) is 53.3 Å². The fourth-order valence-corrected chi connectivity index (χ4v) is 2.88. The van der Waals surface area contributed by atoms with E-state index < -0.39 is 0 Å². The van der Waals surface area contributed by atoms with Crippen LogP contribution < -0.4 is 0 Å². The molecule has 0 bridgehead atoms. The van der Waals surface area contributed by atoms with E-state index in [1.165, 1.54) is 0 Å². The van der Waals surface area contributed by atoms with Crippen LogP contribution in [0.1, 0.15) is 43.1 Å². The Hall–Kier alpha value is -1.62. The average molecular weight is 275 g/mol. The molecule has 20 heavy (non-hydrogen) atoms. The van der Waals surface area contributed by atoms with Crippen LogP contribution in [0.2, 0.25) is 0 Å². The summed E-state index contributed by atoms with van der Waals surface area (Å²) >= 11 is 0. The van der Waals surface area contributed by atoms with Crippen LogP contribution in [0.4, 0.5) is 0 Å². The van der Waals surface area contributed by atoms with Crippen LogP contribution >= 0.6 is 0 Å². The van der Waals surface area contributed by atoms with E-state index in [0.29, 0.717) is 17.8 Å². The Morgan fingerprint density at radius 3 is 2.80 bits per heavy atom. The van der Waals surface area contributed by atoms with Gasteiger partial charge in [-0.25, -0.2) is 0 Å². The summed E-state index contributed by atoms with van der Waals surface area (Å²) in [6.45, 7) is 7.17. The SMILES string of the molecule is Cc1cc(-c2noc([C@H]3CCN(C)[C@@H](C)C3)n2)c(C)o1. The number of piperidine rings is 1. The number of hydrogen-bond acceptors (Lipinski definition) is 5. The molecule has 1 aliphatic rings. The molecular weight excluding hydrogens is 254 g/mol. The number of rotatable bonds is 2. The van der Waals surface area contributed by atoms with Gasteiger partial charge < -0.3 is 13.8 Å². The highest BCUT2D eigenvalue weighted by molar-refractivity contribution is 5.57. The molecule has 0 unspecified atom stereocenters. The van der Waals surface area contributed by atoms with Gasteiger partial charge in [-0.1, -0.05) is 5.16 Å². The van der Waals surface area contributed by atoms with Gasteiger partial charge in [-0.2, -0.15) is 4.98 Å². The lowest BCUT2D eigenvalue weighted by atomic mass is 9.92. The van der Waals surface area contributed by atoms with E-state index in [-0.39, 0.29) is 0 Å². The number of likely N-dealkylation sites (tertiary alicyclic amines) is 1. The van der Waals surface area contributed by atoms with Crippen molar-refractivity contribution in [3.63, 3.8) is 0 Å². The summed E-state index contributed by atoms with van der Waals surface area (Å²) in [4.78, 5) is 6.95. The minimum absolute atomic E-state index is 0.371. The summed E-state index contributed by atoms with van der Waals surface area (Å²) in [6.07, 6.45) is 2.15. The second kappa shape index (κ2) is 5.05. The van der Waals surface area contributed by atoms with E-state index in [0.717, 1.165) is 42.4 Å². The van der Waals surface area contributed by atoms with Gasteiger partial charge in [0.15, 0.2) is 0 Å².